The molecule has 1 aromatic carbocycles. The van der Waals surface area contributed by atoms with Crippen LogP contribution < -0.4 is 5.32 Å². The van der Waals surface area contributed by atoms with Crippen LogP contribution in [0, 0.1) is 5.92 Å². The Hall–Kier alpha value is -0.860. The summed E-state index contributed by atoms with van der Waals surface area (Å²) in [6, 6.07) is 11.1. The molecule has 1 aromatic heterocycles. The highest BCUT2D eigenvalue weighted by molar-refractivity contribution is 7.19. The van der Waals surface area contributed by atoms with Gasteiger partial charge in [-0.3, -0.25) is 0 Å². The van der Waals surface area contributed by atoms with Gasteiger partial charge in [0.1, 0.15) is 0 Å². The fourth-order valence-corrected chi connectivity index (χ4v) is 4.29. The maximum absolute atomic E-state index is 3.51. The summed E-state index contributed by atoms with van der Waals surface area (Å²) < 4.78 is 1.44. The fourth-order valence-electron chi connectivity index (χ4n) is 2.95. The first-order valence-electron chi connectivity index (χ1n) is 5.58. The first-order valence-corrected chi connectivity index (χ1v) is 6.40. The largest absolute Gasteiger partial charge is 0.315 e. The van der Waals surface area contributed by atoms with E-state index in [0.717, 1.165) is 5.92 Å². The van der Waals surface area contributed by atoms with Crippen LogP contribution in [-0.2, 0) is 5.41 Å². The molecule has 4 rings (SSSR count). The standard InChI is InChI=1S/C13H13NS/c1-2-4-11-9(3-1)5-12(15-11)13-6-10(13)7-14-8-13/h1-5,10,14H,6-8H2/t10-,13+/m1/s1. The summed E-state index contributed by atoms with van der Waals surface area (Å²) in [7, 11) is 0. The van der Waals surface area contributed by atoms with Crippen molar-refractivity contribution in [3.63, 3.8) is 0 Å². The van der Waals surface area contributed by atoms with Gasteiger partial charge in [-0.25, -0.2) is 0 Å². The molecule has 1 aliphatic heterocycles. The molecule has 0 unspecified atom stereocenters. The molecular weight excluding hydrogens is 202 g/mol. The Kier molecular flexibility index (Phi) is 1.46. The second kappa shape index (κ2) is 2.63. The van der Waals surface area contributed by atoms with Crippen LogP contribution in [0.15, 0.2) is 30.3 Å². The van der Waals surface area contributed by atoms with Crippen LogP contribution in [0.5, 0.6) is 0 Å². The van der Waals surface area contributed by atoms with Crippen LogP contribution >= 0.6 is 11.3 Å². The second-order valence-electron chi connectivity index (χ2n) is 4.84. The van der Waals surface area contributed by atoms with Gasteiger partial charge in [-0.15, -0.1) is 11.3 Å². The van der Waals surface area contributed by atoms with Crippen molar-refractivity contribution in [1.82, 2.24) is 5.32 Å². The van der Waals surface area contributed by atoms with Gasteiger partial charge >= 0.3 is 0 Å². The van der Waals surface area contributed by atoms with Gasteiger partial charge in [0.05, 0.1) is 0 Å². The van der Waals surface area contributed by atoms with Gasteiger partial charge in [-0.05, 0) is 36.4 Å². The average Bonchev–Trinajstić information content (AvgIpc) is 2.68. The normalized spacial score (nSPS) is 33.2. The quantitative estimate of drug-likeness (QED) is 0.771. The van der Waals surface area contributed by atoms with Crippen molar-refractivity contribution in [2.24, 2.45) is 5.92 Å². The van der Waals surface area contributed by atoms with E-state index >= 15 is 0 Å². The predicted molar refractivity (Wildman–Crippen MR) is 64.5 cm³/mol. The summed E-state index contributed by atoms with van der Waals surface area (Å²) in [5.41, 5.74) is 0.531. The van der Waals surface area contributed by atoms with E-state index in [2.05, 4.69) is 35.6 Å². The molecule has 1 saturated carbocycles. The number of rotatable bonds is 1. The number of hydrogen-bond donors (Lipinski definition) is 1. The molecule has 1 saturated heterocycles. The summed E-state index contributed by atoms with van der Waals surface area (Å²) >= 11 is 2.00. The van der Waals surface area contributed by atoms with E-state index in [1.54, 1.807) is 4.88 Å². The smallest absolute Gasteiger partial charge is 0.0345 e. The third kappa shape index (κ3) is 1.01. The van der Waals surface area contributed by atoms with Gasteiger partial charge in [-0.2, -0.15) is 0 Å². The first kappa shape index (κ1) is 8.31. The van der Waals surface area contributed by atoms with Crippen LogP contribution in [0.25, 0.3) is 10.1 Å². The molecule has 1 aliphatic carbocycles. The minimum Gasteiger partial charge on any atom is -0.315 e. The SMILES string of the molecule is c1ccc2sc([C@@]34CNC[C@H]3C4)cc2c1. The molecular formula is C13H13NS. The first-order chi connectivity index (χ1) is 7.38. The van der Waals surface area contributed by atoms with E-state index in [1.807, 2.05) is 11.3 Å². The molecule has 0 radical (unpaired) electrons. The molecule has 1 N–H and O–H groups in total. The Bertz CT molecular complexity index is 497. The van der Waals surface area contributed by atoms with Crippen LogP contribution in [0.1, 0.15) is 11.3 Å². The molecule has 2 aliphatic rings. The number of piperidine rings is 1. The van der Waals surface area contributed by atoms with E-state index in [1.165, 1.54) is 29.6 Å². The maximum atomic E-state index is 3.51. The molecule has 76 valence electrons. The van der Waals surface area contributed by atoms with Crippen molar-refractivity contribution in [2.75, 3.05) is 13.1 Å². The highest BCUT2D eigenvalue weighted by Gasteiger charge is 2.58. The second-order valence-corrected chi connectivity index (χ2v) is 5.92. The Labute approximate surface area is 93.1 Å². The van der Waals surface area contributed by atoms with Crippen molar-refractivity contribution < 1.29 is 0 Å². The molecule has 1 nitrogen and oxygen atoms in total. The van der Waals surface area contributed by atoms with Crippen LogP contribution in [-0.4, -0.2) is 13.1 Å². The van der Waals surface area contributed by atoms with Crippen LogP contribution in [0.2, 0.25) is 0 Å². The highest BCUT2D eigenvalue weighted by atomic mass is 32.1. The van der Waals surface area contributed by atoms with Crippen molar-refractivity contribution in [3.8, 4) is 0 Å². The average molecular weight is 215 g/mol. The van der Waals surface area contributed by atoms with E-state index in [0.29, 0.717) is 5.41 Å². The molecule has 2 heterocycles. The number of hydrogen-bond acceptors (Lipinski definition) is 2. The third-order valence-corrected chi connectivity index (χ3v) is 5.32. The summed E-state index contributed by atoms with van der Waals surface area (Å²) in [6.45, 7) is 2.43. The lowest BCUT2D eigenvalue weighted by Gasteiger charge is -2.07. The molecule has 0 bridgehead atoms. The summed E-state index contributed by atoms with van der Waals surface area (Å²) in [6.07, 6.45) is 1.41. The zero-order valence-corrected chi connectivity index (χ0v) is 9.31. The van der Waals surface area contributed by atoms with Crippen LogP contribution in [0.3, 0.4) is 0 Å². The molecule has 15 heavy (non-hydrogen) atoms. The Morgan fingerprint density at radius 3 is 3.00 bits per heavy atom. The van der Waals surface area contributed by atoms with Gasteiger partial charge < -0.3 is 5.32 Å². The van der Waals surface area contributed by atoms with Crippen LogP contribution in [0.4, 0.5) is 0 Å². The Morgan fingerprint density at radius 2 is 2.27 bits per heavy atom. The number of fused-ring (bicyclic) bond motifs is 2. The molecule has 0 amide bonds. The van der Waals surface area contributed by atoms with Gasteiger partial charge in [0.15, 0.2) is 0 Å². The number of nitrogens with one attached hydrogen (secondary N) is 1. The highest BCUT2D eigenvalue weighted by Crippen LogP contribution is 2.58. The molecule has 2 heteroatoms. The molecule has 2 fully saturated rings. The Balaban J connectivity index is 1.89. The third-order valence-electron chi connectivity index (χ3n) is 3.98. The lowest BCUT2D eigenvalue weighted by Crippen LogP contribution is -2.18. The zero-order valence-electron chi connectivity index (χ0n) is 8.49. The van der Waals surface area contributed by atoms with E-state index in [-0.39, 0.29) is 0 Å². The van der Waals surface area contributed by atoms with Crippen molar-refractivity contribution in [2.45, 2.75) is 11.8 Å². The van der Waals surface area contributed by atoms with Gasteiger partial charge in [0.2, 0.25) is 0 Å². The van der Waals surface area contributed by atoms with Gasteiger partial charge in [-0.1, -0.05) is 18.2 Å². The van der Waals surface area contributed by atoms with E-state index in [4.69, 9.17) is 0 Å². The topological polar surface area (TPSA) is 12.0 Å². The minimum absolute atomic E-state index is 0.531. The van der Waals surface area contributed by atoms with Gasteiger partial charge in [0, 0.05) is 21.5 Å². The maximum Gasteiger partial charge on any atom is 0.0345 e. The lowest BCUT2D eigenvalue weighted by atomic mass is 10.0. The molecule has 0 spiro atoms. The van der Waals surface area contributed by atoms with Crippen molar-refractivity contribution >= 4 is 21.4 Å². The van der Waals surface area contributed by atoms with Crippen molar-refractivity contribution in [1.29, 1.82) is 0 Å². The van der Waals surface area contributed by atoms with E-state index in [9.17, 15) is 0 Å². The summed E-state index contributed by atoms with van der Waals surface area (Å²) in [4.78, 5) is 1.61. The lowest BCUT2D eigenvalue weighted by molar-refractivity contribution is 0.686. The minimum atomic E-state index is 0.531. The summed E-state index contributed by atoms with van der Waals surface area (Å²) in [5, 5.41) is 4.93. The van der Waals surface area contributed by atoms with E-state index < -0.39 is 0 Å². The molecule has 2 aromatic rings. The number of benzene rings is 1. The summed E-state index contributed by atoms with van der Waals surface area (Å²) in [5.74, 6) is 0.922. The number of thiophene rings is 1. The van der Waals surface area contributed by atoms with Crippen molar-refractivity contribution in [3.05, 3.63) is 35.2 Å². The Morgan fingerprint density at radius 1 is 1.33 bits per heavy atom. The monoisotopic (exact) mass is 215 g/mol. The fraction of sp³-hybridized carbons (Fsp3) is 0.385. The zero-order chi connectivity index (χ0) is 9.88. The molecule has 2 atom stereocenters. The van der Waals surface area contributed by atoms with Gasteiger partial charge in [0.25, 0.3) is 0 Å². The predicted octanol–water partition coefficient (Wildman–Crippen LogP) is 2.76.